The number of fused-ring (bicyclic) bond motifs is 1. The lowest BCUT2D eigenvalue weighted by Gasteiger charge is -2.29. The number of nitrogens with zero attached hydrogens (tertiary/aromatic N) is 3. The largest absolute Gasteiger partial charge is 0.355 e. The van der Waals surface area contributed by atoms with Gasteiger partial charge in [-0.05, 0) is 47.9 Å². The van der Waals surface area contributed by atoms with Crippen LogP contribution in [0.5, 0.6) is 0 Å². The maximum absolute atomic E-state index is 12.4. The Morgan fingerprint density at radius 3 is 2.73 bits per heavy atom. The number of aromatic nitrogens is 2. The molecule has 1 aliphatic rings. The minimum Gasteiger partial charge on any atom is -0.355 e. The lowest BCUT2D eigenvalue weighted by atomic mass is 9.99. The molecule has 0 unspecified atom stereocenters. The molecular formula is C26H26ClN7O3. The van der Waals surface area contributed by atoms with Crippen LogP contribution < -0.4 is 21.3 Å². The van der Waals surface area contributed by atoms with E-state index in [1.807, 2.05) is 24.3 Å². The van der Waals surface area contributed by atoms with Crippen molar-refractivity contribution in [2.24, 2.45) is 0 Å². The number of benzene rings is 2. The van der Waals surface area contributed by atoms with Crippen molar-refractivity contribution in [2.45, 2.75) is 13.0 Å². The molecule has 2 heterocycles. The number of nitrogens with one attached hydrogen (secondary N) is 4. The van der Waals surface area contributed by atoms with Crippen LogP contribution in [0.4, 0.5) is 23.1 Å². The van der Waals surface area contributed by atoms with E-state index in [4.69, 9.17) is 11.6 Å². The first-order chi connectivity index (χ1) is 17.9. The molecule has 1 aliphatic heterocycles. The molecule has 0 saturated heterocycles. The van der Waals surface area contributed by atoms with E-state index in [0.29, 0.717) is 47.6 Å². The number of hydrogen-bond acceptors (Lipinski definition) is 7. The molecule has 3 amide bonds. The number of anilines is 4. The van der Waals surface area contributed by atoms with E-state index < -0.39 is 0 Å². The molecule has 4 rings (SSSR count). The number of rotatable bonds is 8. The summed E-state index contributed by atoms with van der Waals surface area (Å²) in [6, 6.07) is 12.9. The molecule has 0 radical (unpaired) electrons. The predicted octanol–water partition coefficient (Wildman–Crippen LogP) is 3.16. The second-order valence-corrected chi connectivity index (χ2v) is 8.64. The summed E-state index contributed by atoms with van der Waals surface area (Å²) in [7, 11) is 1.57. The van der Waals surface area contributed by atoms with E-state index in [-0.39, 0.29) is 24.3 Å². The van der Waals surface area contributed by atoms with Crippen molar-refractivity contribution in [1.82, 2.24) is 25.5 Å². The van der Waals surface area contributed by atoms with Crippen LogP contribution >= 0.6 is 11.6 Å². The second kappa shape index (κ2) is 11.5. The summed E-state index contributed by atoms with van der Waals surface area (Å²) in [5.41, 5.74) is 3.95. The minimum absolute atomic E-state index is 0.0578. The summed E-state index contributed by atoms with van der Waals surface area (Å²) in [6.45, 7) is 4.34. The van der Waals surface area contributed by atoms with E-state index in [1.54, 1.807) is 30.1 Å². The number of carbonyl (C=O) groups excluding carboxylic acids is 3. The normalized spacial score (nSPS) is 12.2. The molecule has 0 aliphatic carbocycles. The molecular weight excluding hydrogens is 494 g/mol. The van der Waals surface area contributed by atoms with Crippen LogP contribution in [0.15, 0.2) is 61.3 Å². The molecule has 37 heavy (non-hydrogen) atoms. The van der Waals surface area contributed by atoms with Crippen LogP contribution in [0.1, 0.15) is 21.5 Å². The van der Waals surface area contributed by atoms with E-state index in [9.17, 15) is 14.4 Å². The number of amides is 3. The fourth-order valence-electron chi connectivity index (χ4n) is 3.89. The molecule has 0 spiro atoms. The number of halogens is 1. The van der Waals surface area contributed by atoms with Crippen molar-refractivity contribution in [2.75, 3.05) is 30.8 Å². The van der Waals surface area contributed by atoms with Gasteiger partial charge in [0, 0.05) is 25.8 Å². The van der Waals surface area contributed by atoms with Crippen LogP contribution in [0, 0.1) is 0 Å². The van der Waals surface area contributed by atoms with Crippen molar-refractivity contribution < 1.29 is 14.4 Å². The third kappa shape index (κ3) is 6.22. The Labute approximate surface area is 219 Å². The first kappa shape index (κ1) is 25.6. The first-order valence-electron chi connectivity index (χ1n) is 11.6. The van der Waals surface area contributed by atoms with Gasteiger partial charge in [0.05, 0.1) is 24.0 Å². The maximum Gasteiger partial charge on any atom is 0.253 e. The predicted molar refractivity (Wildman–Crippen MR) is 142 cm³/mol. The van der Waals surface area contributed by atoms with Crippen LogP contribution in [-0.2, 0) is 22.6 Å². The number of hydrogen-bond donors (Lipinski definition) is 4. The number of carbonyl (C=O) groups is 3. The standard InChI is InChI=1S/C26H26ClN7O3/c1-3-22(35)29-14-23(36)34-11-10-16-12-18(9-8-17(16)15-34)31-26-30-13-20(27)24(33-26)32-21-7-5-4-6-19(21)25(37)28-2/h3-9,12-13H,1,10-11,14-15H2,2H3,(H,28,37)(H,29,35)(H2,30,31,32,33). The van der Waals surface area contributed by atoms with Gasteiger partial charge in [-0.3, -0.25) is 14.4 Å². The van der Waals surface area contributed by atoms with Gasteiger partial charge >= 0.3 is 0 Å². The van der Waals surface area contributed by atoms with Gasteiger partial charge in [-0.15, -0.1) is 0 Å². The van der Waals surface area contributed by atoms with Gasteiger partial charge in [0.1, 0.15) is 5.02 Å². The molecule has 3 aromatic rings. The Kier molecular flexibility index (Phi) is 7.99. The van der Waals surface area contributed by atoms with E-state index in [0.717, 1.165) is 22.9 Å². The lowest BCUT2D eigenvalue weighted by molar-refractivity contribution is -0.132. The first-order valence-corrected chi connectivity index (χ1v) is 11.9. The van der Waals surface area contributed by atoms with Crippen LogP contribution in [0.3, 0.4) is 0 Å². The molecule has 0 saturated carbocycles. The SMILES string of the molecule is C=CC(=O)NCC(=O)N1CCc2cc(Nc3ncc(Cl)c(Nc4ccccc4C(=O)NC)n3)ccc2C1. The van der Waals surface area contributed by atoms with E-state index in [1.165, 1.54) is 6.20 Å². The fraction of sp³-hybridized carbons (Fsp3) is 0.192. The Bertz CT molecular complexity index is 1360. The molecule has 0 atom stereocenters. The molecule has 1 aromatic heterocycles. The van der Waals surface area contributed by atoms with Crippen molar-refractivity contribution in [3.63, 3.8) is 0 Å². The Hall–Kier alpha value is -4.44. The average Bonchev–Trinajstić information content (AvgIpc) is 2.92. The van der Waals surface area contributed by atoms with Crippen molar-refractivity contribution in [3.8, 4) is 0 Å². The Morgan fingerprint density at radius 1 is 1.14 bits per heavy atom. The monoisotopic (exact) mass is 519 g/mol. The molecule has 10 nitrogen and oxygen atoms in total. The molecule has 4 N–H and O–H groups in total. The lowest BCUT2D eigenvalue weighted by Crippen LogP contribution is -2.42. The molecule has 0 bridgehead atoms. The fourth-order valence-corrected chi connectivity index (χ4v) is 4.03. The van der Waals surface area contributed by atoms with Crippen LogP contribution in [0.25, 0.3) is 0 Å². The van der Waals surface area contributed by atoms with Gasteiger partial charge in [-0.1, -0.05) is 36.4 Å². The Morgan fingerprint density at radius 2 is 1.95 bits per heavy atom. The summed E-state index contributed by atoms with van der Waals surface area (Å²) >= 11 is 6.32. The highest BCUT2D eigenvalue weighted by Crippen LogP contribution is 2.28. The quantitative estimate of drug-likeness (QED) is 0.336. The van der Waals surface area contributed by atoms with Crippen molar-refractivity contribution in [1.29, 1.82) is 0 Å². The zero-order valence-corrected chi connectivity index (χ0v) is 20.9. The van der Waals surface area contributed by atoms with Gasteiger partial charge in [-0.2, -0.15) is 4.98 Å². The smallest absolute Gasteiger partial charge is 0.253 e. The highest BCUT2D eigenvalue weighted by atomic mass is 35.5. The third-order valence-corrected chi connectivity index (χ3v) is 6.10. The highest BCUT2D eigenvalue weighted by molar-refractivity contribution is 6.33. The summed E-state index contributed by atoms with van der Waals surface area (Å²) in [6.07, 6.45) is 3.30. The van der Waals surface area contributed by atoms with Crippen molar-refractivity contribution >= 4 is 52.5 Å². The molecule has 2 aromatic carbocycles. The molecule has 11 heteroatoms. The zero-order chi connectivity index (χ0) is 26.4. The van der Waals surface area contributed by atoms with E-state index in [2.05, 4.69) is 37.8 Å². The molecule has 190 valence electrons. The second-order valence-electron chi connectivity index (χ2n) is 8.24. The average molecular weight is 520 g/mol. The summed E-state index contributed by atoms with van der Waals surface area (Å²) in [4.78, 5) is 46.4. The minimum atomic E-state index is -0.375. The van der Waals surface area contributed by atoms with Gasteiger partial charge in [0.15, 0.2) is 5.82 Å². The highest BCUT2D eigenvalue weighted by Gasteiger charge is 2.21. The summed E-state index contributed by atoms with van der Waals surface area (Å²) in [5, 5.41) is 11.7. The maximum atomic E-state index is 12.4. The van der Waals surface area contributed by atoms with Gasteiger partial charge in [0.2, 0.25) is 17.8 Å². The van der Waals surface area contributed by atoms with Crippen LogP contribution in [-0.4, -0.2) is 52.7 Å². The summed E-state index contributed by atoms with van der Waals surface area (Å²) < 4.78 is 0. The van der Waals surface area contributed by atoms with Crippen LogP contribution in [0.2, 0.25) is 5.02 Å². The number of para-hydroxylation sites is 1. The summed E-state index contributed by atoms with van der Waals surface area (Å²) in [5.74, 6) is -0.0703. The zero-order valence-electron chi connectivity index (χ0n) is 20.2. The van der Waals surface area contributed by atoms with Crippen molar-refractivity contribution in [3.05, 3.63) is 83.0 Å². The topological polar surface area (TPSA) is 128 Å². The van der Waals surface area contributed by atoms with E-state index >= 15 is 0 Å². The Balaban J connectivity index is 1.45. The third-order valence-electron chi connectivity index (χ3n) is 5.82. The van der Waals surface area contributed by atoms with Gasteiger partial charge in [0.25, 0.3) is 5.91 Å². The van der Waals surface area contributed by atoms with Gasteiger partial charge in [-0.25, -0.2) is 4.98 Å². The molecule has 0 fully saturated rings. The van der Waals surface area contributed by atoms with Gasteiger partial charge < -0.3 is 26.2 Å².